The summed E-state index contributed by atoms with van der Waals surface area (Å²) in [5, 5.41) is 0. The van der Waals surface area contributed by atoms with Crippen molar-refractivity contribution in [3.63, 3.8) is 0 Å². The number of ether oxygens (including phenoxy) is 2. The van der Waals surface area contributed by atoms with Crippen LogP contribution in [0.4, 0.5) is 0 Å². The van der Waals surface area contributed by atoms with E-state index in [1.54, 1.807) is 14.2 Å². The van der Waals surface area contributed by atoms with Crippen LogP contribution in [0.3, 0.4) is 0 Å². The van der Waals surface area contributed by atoms with Crippen LogP contribution in [-0.4, -0.2) is 14.2 Å². The van der Waals surface area contributed by atoms with Gasteiger partial charge in [0.15, 0.2) is 0 Å². The fourth-order valence-corrected chi connectivity index (χ4v) is 2.91. The minimum absolute atomic E-state index is 0.221. The zero-order valence-corrected chi connectivity index (χ0v) is 11.6. The SMILES string of the molecule is CCc1cc(C2(N)CCCC2)c(OC)cc1OC. The van der Waals surface area contributed by atoms with Gasteiger partial charge in [-0.05, 0) is 30.9 Å². The van der Waals surface area contributed by atoms with E-state index in [4.69, 9.17) is 15.2 Å². The van der Waals surface area contributed by atoms with Crippen LogP contribution in [0.25, 0.3) is 0 Å². The van der Waals surface area contributed by atoms with Crippen LogP contribution >= 0.6 is 0 Å². The summed E-state index contributed by atoms with van der Waals surface area (Å²) in [6.07, 6.45) is 5.42. The molecule has 1 aromatic rings. The summed E-state index contributed by atoms with van der Waals surface area (Å²) in [5.74, 6) is 1.74. The predicted octanol–water partition coefficient (Wildman–Crippen LogP) is 2.99. The minimum Gasteiger partial charge on any atom is -0.496 e. The van der Waals surface area contributed by atoms with Crippen molar-refractivity contribution in [1.82, 2.24) is 0 Å². The zero-order valence-electron chi connectivity index (χ0n) is 11.6. The molecule has 0 heterocycles. The Bertz CT molecular complexity index is 423. The summed E-state index contributed by atoms with van der Waals surface area (Å²) < 4.78 is 10.9. The Morgan fingerprint density at radius 1 is 1.11 bits per heavy atom. The van der Waals surface area contributed by atoms with Crippen LogP contribution in [0.2, 0.25) is 0 Å². The van der Waals surface area contributed by atoms with E-state index in [1.165, 1.54) is 18.4 Å². The molecule has 0 aliphatic heterocycles. The van der Waals surface area contributed by atoms with Crippen molar-refractivity contribution in [2.24, 2.45) is 5.73 Å². The highest BCUT2D eigenvalue weighted by molar-refractivity contribution is 5.50. The van der Waals surface area contributed by atoms with Gasteiger partial charge in [-0.1, -0.05) is 19.8 Å². The van der Waals surface area contributed by atoms with Crippen LogP contribution in [0.15, 0.2) is 12.1 Å². The summed E-state index contributed by atoms with van der Waals surface area (Å²) in [7, 11) is 3.39. The molecule has 3 nitrogen and oxygen atoms in total. The van der Waals surface area contributed by atoms with Gasteiger partial charge in [-0.2, -0.15) is 0 Å². The number of aryl methyl sites for hydroxylation is 1. The van der Waals surface area contributed by atoms with Crippen LogP contribution in [0.5, 0.6) is 11.5 Å². The maximum absolute atomic E-state index is 6.55. The molecule has 2 rings (SSSR count). The van der Waals surface area contributed by atoms with E-state index < -0.39 is 0 Å². The molecule has 0 radical (unpaired) electrons. The second-order valence-corrected chi connectivity index (χ2v) is 5.08. The van der Waals surface area contributed by atoms with Gasteiger partial charge in [0.1, 0.15) is 11.5 Å². The van der Waals surface area contributed by atoms with Crippen molar-refractivity contribution < 1.29 is 9.47 Å². The van der Waals surface area contributed by atoms with Gasteiger partial charge >= 0.3 is 0 Å². The topological polar surface area (TPSA) is 44.5 Å². The Morgan fingerprint density at radius 3 is 2.22 bits per heavy atom. The summed E-state index contributed by atoms with van der Waals surface area (Å²) in [6, 6.07) is 4.14. The Balaban J connectivity index is 2.51. The normalized spacial score (nSPS) is 17.8. The molecule has 18 heavy (non-hydrogen) atoms. The molecule has 0 atom stereocenters. The number of benzene rings is 1. The number of rotatable bonds is 4. The molecule has 2 N–H and O–H groups in total. The van der Waals surface area contributed by atoms with E-state index in [0.717, 1.165) is 36.3 Å². The molecule has 0 spiro atoms. The van der Waals surface area contributed by atoms with Crippen LogP contribution < -0.4 is 15.2 Å². The quantitative estimate of drug-likeness (QED) is 0.892. The fraction of sp³-hybridized carbons (Fsp3) is 0.600. The van der Waals surface area contributed by atoms with Crippen molar-refractivity contribution in [3.8, 4) is 11.5 Å². The summed E-state index contributed by atoms with van der Waals surface area (Å²) in [4.78, 5) is 0. The lowest BCUT2D eigenvalue weighted by atomic mass is 9.87. The third-order valence-corrected chi connectivity index (χ3v) is 4.02. The molecule has 3 heteroatoms. The Labute approximate surface area is 109 Å². The molecule has 0 bridgehead atoms. The van der Waals surface area contributed by atoms with Crippen LogP contribution in [0.1, 0.15) is 43.7 Å². The Hall–Kier alpha value is -1.22. The van der Waals surface area contributed by atoms with Gasteiger partial charge < -0.3 is 15.2 Å². The predicted molar refractivity (Wildman–Crippen MR) is 73.3 cm³/mol. The molecule has 1 aliphatic carbocycles. The fourth-order valence-electron chi connectivity index (χ4n) is 2.91. The van der Waals surface area contributed by atoms with Gasteiger partial charge in [0.25, 0.3) is 0 Å². The smallest absolute Gasteiger partial charge is 0.127 e. The van der Waals surface area contributed by atoms with Crippen molar-refractivity contribution >= 4 is 0 Å². The first-order chi connectivity index (χ1) is 8.64. The second-order valence-electron chi connectivity index (χ2n) is 5.08. The largest absolute Gasteiger partial charge is 0.496 e. The standard InChI is InChI=1S/C15H23NO2/c1-4-11-9-12(15(16)7-5-6-8-15)14(18-3)10-13(11)17-2/h9-10H,4-8,16H2,1-3H3. The van der Waals surface area contributed by atoms with E-state index in [9.17, 15) is 0 Å². The molecule has 1 aliphatic rings. The van der Waals surface area contributed by atoms with Crippen molar-refractivity contribution in [1.29, 1.82) is 0 Å². The van der Waals surface area contributed by atoms with Crippen LogP contribution in [-0.2, 0) is 12.0 Å². The van der Waals surface area contributed by atoms with E-state index in [-0.39, 0.29) is 5.54 Å². The average Bonchev–Trinajstić information content (AvgIpc) is 2.85. The van der Waals surface area contributed by atoms with Gasteiger partial charge in [0.2, 0.25) is 0 Å². The number of nitrogens with two attached hydrogens (primary N) is 1. The maximum atomic E-state index is 6.55. The third-order valence-electron chi connectivity index (χ3n) is 4.02. The Morgan fingerprint density at radius 2 is 1.72 bits per heavy atom. The lowest BCUT2D eigenvalue weighted by molar-refractivity contribution is 0.368. The molecular formula is C15H23NO2. The second kappa shape index (κ2) is 5.19. The molecular weight excluding hydrogens is 226 g/mol. The highest BCUT2D eigenvalue weighted by atomic mass is 16.5. The molecule has 0 saturated heterocycles. The molecule has 100 valence electrons. The van der Waals surface area contributed by atoms with Crippen molar-refractivity contribution in [2.75, 3.05) is 14.2 Å². The lowest BCUT2D eigenvalue weighted by Gasteiger charge is -2.27. The molecule has 0 aromatic heterocycles. The molecule has 0 amide bonds. The zero-order chi connectivity index (χ0) is 13.2. The van der Waals surface area contributed by atoms with Gasteiger partial charge in [0, 0.05) is 17.2 Å². The first-order valence-corrected chi connectivity index (χ1v) is 6.69. The first-order valence-electron chi connectivity index (χ1n) is 6.69. The van der Waals surface area contributed by atoms with Crippen molar-refractivity contribution in [3.05, 3.63) is 23.3 Å². The van der Waals surface area contributed by atoms with Crippen molar-refractivity contribution in [2.45, 2.75) is 44.6 Å². The molecule has 0 unspecified atom stereocenters. The lowest BCUT2D eigenvalue weighted by Crippen LogP contribution is -2.33. The maximum Gasteiger partial charge on any atom is 0.127 e. The molecule has 1 fully saturated rings. The summed E-state index contributed by atoms with van der Waals surface area (Å²) in [6.45, 7) is 2.13. The van der Waals surface area contributed by atoms with Gasteiger partial charge in [-0.3, -0.25) is 0 Å². The van der Waals surface area contributed by atoms with Crippen LogP contribution in [0, 0.1) is 0 Å². The summed E-state index contributed by atoms with van der Waals surface area (Å²) >= 11 is 0. The third kappa shape index (κ3) is 2.19. The molecule has 1 saturated carbocycles. The number of methoxy groups -OCH3 is 2. The first kappa shape index (κ1) is 13.2. The average molecular weight is 249 g/mol. The van der Waals surface area contributed by atoms with Gasteiger partial charge in [-0.25, -0.2) is 0 Å². The van der Waals surface area contributed by atoms with E-state index >= 15 is 0 Å². The highest BCUT2D eigenvalue weighted by Crippen LogP contribution is 2.43. The highest BCUT2D eigenvalue weighted by Gasteiger charge is 2.34. The monoisotopic (exact) mass is 249 g/mol. The summed E-state index contributed by atoms with van der Waals surface area (Å²) in [5.41, 5.74) is 8.67. The van der Waals surface area contributed by atoms with E-state index in [0.29, 0.717) is 0 Å². The Kier molecular flexibility index (Phi) is 3.81. The number of hydrogen-bond acceptors (Lipinski definition) is 3. The number of hydrogen-bond donors (Lipinski definition) is 1. The van der Waals surface area contributed by atoms with Gasteiger partial charge in [0.05, 0.1) is 14.2 Å². The van der Waals surface area contributed by atoms with E-state index in [2.05, 4.69) is 13.0 Å². The minimum atomic E-state index is -0.221. The van der Waals surface area contributed by atoms with Gasteiger partial charge in [-0.15, -0.1) is 0 Å². The van der Waals surface area contributed by atoms with E-state index in [1.807, 2.05) is 6.07 Å². The molecule has 1 aromatic carbocycles.